The van der Waals surface area contributed by atoms with Gasteiger partial charge in [0.15, 0.2) is 0 Å². The van der Waals surface area contributed by atoms with Crippen molar-refractivity contribution < 1.29 is 9.18 Å². The topological polar surface area (TPSA) is 41.1 Å². The molecule has 0 saturated carbocycles. The van der Waals surface area contributed by atoms with Crippen LogP contribution in [0, 0.1) is 12.7 Å². The molecule has 0 spiro atoms. The Morgan fingerprint density at radius 1 is 1.30 bits per heavy atom. The molecule has 2 aromatic carbocycles. The summed E-state index contributed by atoms with van der Waals surface area (Å²) >= 11 is 0. The fourth-order valence-electron chi connectivity index (χ4n) is 2.41. The van der Waals surface area contributed by atoms with E-state index in [1.54, 1.807) is 19.1 Å². The number of benzene rings is 2. The lowest BCUT2D eigenvalue weighted by atomic mass is 10.1. The molecule has 0 unspecified atom stereocenters. The molecule has 2 aromatic rings. The predicted octanol–water partition coefficient (Wildman–Crippen LogP) is 3.11. The van der Waals surface area contributed by atoms with E-state index in [-0.39, 0.29) is 17.8 Å². The lowest BCUT2D eigenvalue weighted by Crippen LogP contribution is -2.32. The van der Waals surface area contributed by atoms with Gasteiger partial charge < -0.3 is 10.6 Å². The minimum absolute atomic E-state index is 0.104. The number of rotatable bonds is 2. The molecule has 1 aliphatic heterocycles. The third kappa shape index (κ3) is 2.37. The minimum Gasteiger partial charge on any atom is -0.373 e. The lowest BCUT2D eigenvalue weighted by Gasteiger charge is -2.12. The molecule has 0 bridgehead atoms. The zero-order valence-electron chi connectivity index (χ0n) is 11.1. The van der Waals surface area contributed by atoms with E-state index in [0.717, 1.165) is 11.3 Å². The number of halogens is 1. The van der Waals surface area contributed by atoms with Gasteiger partial charge in [-0.2, -0.15) is 0 Å². The van der Waals surface area contributed by atoms with Crippen LogP contribution in [0.4, 0.5) is 15.8 Å². The van der Waals surface area contributed by atoms with Gasteiger partial charge in [-0.05, 0) is 42.3 Å². The van der Waals surface area contributed by atoms with Crippen LogP contribution in [-0.2, 0) is 11.2 Å². The summed E-state index contributed by atoms with van der Waals surface area (Å²) in [6.45, 7) is 1.68. The Bertz CT molecular complexity index is 644. The van der Waals surface area contributed by atoms with Gasteiger partial charge in [-0.15, -0.1) is 0 Å². The first-order valence-corrected chi connectivity index (χ1v) is 6.55. The smallest absolute Gasteiger partial charge is 0.247 e. The zero-order chi connectivity index (χ0) is 14.1. The van der Waals surface area contributed by atoms with Crippen molar-refractivity contribution in [3.05, 3.63) is 59.4 Å². The quantitative estimate of drug-likeness (QED) is 0.880. The summed E-state index contributed by atoms with van der Waals surface area (Å²) in [6.07, 6.45) is 0.669. The number of carbonyl (C=O) groups excluding carboxylic acids is 1. The van der Waals surface area contributed by atoms with Crippen LogP contribution in [-0.4, -0.2) is 11.9 Å². The van der Waals surface area contributed by atoms with Crippen LogP contribution in [0.5, 0.6) is 0 Å². The number of hydrogen-bond donors (Lipinski definition) is 2. The highest BCUT2D eigenvalue weighted by molar-refractivity contribution is 5.98. The summed E-state index contributed by atoms with van der Waals surface area (Å²) in [5, 5.41) is 6.01. The van der Waals surface area contributed by atoms with Crippen molar-refractivity contribution in [3.8, 4) is 0 Å². The van der Waals surface area contributed by atoms with Crippen molar-refractivity contribution in [2.45, 2.75) is 19.4 Å². The molecule has 0 radical (unpaired) electrons. The van der Waals surface area contributed by atoms with E-state index in [2.05, 4.69) is 10.6 Å². The molecular formula is C16H15FN2O. The molecule has 1 amide bonds. The summed E-state index contributed by atoms with van der Waals surface area (Å²) < 4.78 is 13.2. The van der Waals surface area contributed by atoms with Crippen LogP contribution in [0.3, 0.4) is 0 Å². The summed E-state index contributed by atoms with van der Waals surface area (Å²) in [5.74, 6) is -0.374. The summed E-state index contributed by atoms with van der Waals surface area (Å²) in [7, 11) is 0. The highest BCUT2D eigenvalue weighted by Crippen LogP contribution is 2.26. The van der Waals surface area contributed by atoms with Gasteiger partial charge in [0, 0.05) is 17.8 Å². The molecule has 1 atom stereocenters. The number of hydrogen-bond acceptors (Lipinski definition) is 2. The lowest BCUT2D eigenvalue weighted by molar-refractivity contribution is -0.116. The van der Waals surface area contributed by atoms with Gasteiger partial charge in [0.25, 0.3) is 0 Å². The van der Waals surface area contributed by atoms with Gasteiger partial charge in [-0.1, -0.05) is 18.2 Å². The highest BCUT2D eigenvalue weighted by atomic mass is 19.1. The Morgan fingerprint density at radius 2 is 2.10 bits per heavy atom. The van der Waals surface area contributed by atoms with Crippen LogP contribution >= 0.6 is 0 Å². The maximum atomic E-state index is 13.2. The number of carbonyl (C=O) groups is 1. The van der Waals surface area contributed by atoms with Crippen LogP contribution in [0.15, 0.2) is 42.5 Å². The van der Waals surface area contributed by atoms with Crippen LogP contribution in [0.1, 0.15) is 11.1 Å². The SMILES string of the molecule is Cc1cc(NC(=O)[C@@H]2Cc3ccccc3N2)ccc1F. The highest BCUT2D eigenvalue weighted by Gasteiger charge is 2.26. The number of nitrogens with one attached hydrogen (secondary N) is 2. The normalized spacial score (nSPS) is 16.4. The van der Waals surface area contributed by atoms with E-state index in [1.807, 2.05) is 24.3 Å². The molecule has 0 aliphatic carbocycles. The molecule has 3 rings (SSSR count). The predicted molar refractivity (Wildman–Crippen MR) is 77.3 cm³/mol. The van der Waals surface area contributed by atoms with Gasteiger partial charge in [-0.25, -0.2) is 4.39 Å². The van der Waals surface area contributed by atoms with E-state index in [1.165, 1.54) is 6.07 Å². The van der Waals surface area contributed by atoms with Gasteiger partial charge in [0.1, 0.15) is 11.9 Å². The van der Waals surface area contributed by atoms with Crippen LogP contribution in [0.2, 0.25) is 0 Å². The average Bonchev–Trinajstić information content (AvgIpc) is 2.87. The second-order valence-corrected chi connectivity index (χ2v) is 5.01. The van der Waals surface area contributed by atoms with E-state index >= 15 is 0 Å². The summed E-state index contributed by atoms with van der Waals surface area (Å²) in [5.41, 5.74) is 3.28. The van der Waals surface area contributed by atoms with Crippen molar-refractivity contribution in [2.24, 2.45) is 0 Å². The van der Waals surface area contributed by atoms with E-state index in [9.17, 15) is 9.18 Å². The number of anilines is 2. The monoisotopic (exact) mass is 270 g/mol. The summed E-state index contributed by atoms with van der Waals surface area (Å²) in [6, 6.07) is 12.2. The first kappa shape index (κ1) is 12.7. The Kier molecular flexibility index (Phi) is 3.14. The van der Waals surface area contributed by atoms with E-state index in [4.69, 9.17) is 0 Å². The molecule has 0 fully saturated rings. The van der Waals surface area contributed by atoms with Crippen LogP contribution in [0.25, 0.3) is 0 Å². The second kappa shape index (κ2) is 4.96. The molecule has 20 heavy (non-hydrogen) atoms. The van der Waals surface area contributed by atoms with Crippen molar-refractivity contribution in [3.63, 3.8) is 0 Å². The first-order chi connectivity index (χ1) is 9.63. The third-order valence-corrected chi connectivity index (χ3v) is 3.51. The Hall–Kier alpha value is -2.36. The van der Waals surface area contributed by atoms with Crippen LogP contribution < -0.4 is 10.6 Å². The number of fused-ring (bicyclic) bond motifs is 1. The molecule has 2 N–H and O–H groups in total. The molecule has 3 nitrogen and oxygen atoms in total. The molecule has 0 saturated heterocycles. The van der Waals surface area contributed by atoms with Gasteiger partial charge in [0.05, 0.1) is 0 Å². The number of aryl methyl sites for hydroxylation is 1. The van der Waals surface area contributed by atoms with Gasteiger partial charge in [-0.3, -0.25) is 4.79 Å². The zero-order valence-corrected chi connectivity index (χ0v) is 11.1. The molecule has 1 aliphatic rings. The Morgan fingerprint density at radius 3 is 2.85 bits per heavy atom. The first-order valence-electron chi connectivity index (χ1n) is 6.55. The Balaban J connectivity index is 1.71. The van der Waals surface area contributed by atoms with E-state index in [0.29, 0.717) is 17.7 Å². The second-order valence-electron chi connectivity index (χ2n) is 5.01. The maximum Gasteiger partial charge on any atom is 0.247 e. The Labute approximate surface area is 116 Å². The maximum absolute atomic E-state index is 13.2. The molecule has 4 heteroatoms. The third-order valence-electron chi connectivity index (χ3n) is 3.51. The van der Waals surface area contributed by atoms with Crippen molar-refractivity contribution >= 4 is 17.3 Å². The standard InChI is InChI=1S/C16H15FN2O/c1-10-8-12(6-7-13(10)17)18-16(20)15-9-11-4-2-3-5-14(11)19-15/h2-8,15,19H,9H2,1H3,(H,18,20)/t15-/m0/s1. The largest absolute Gasteiger partial charge is 0.373 e. The average molecular weight is 270 g/mol. The van der Waals surface area contributed by atoms with Gasteiger partial charge >= 0.3 is 0 Å². The molecule has 0 aromatic heterocycles. The number of amides is 1. The van der Waals surface area contributed by atoms with Gasteiger partial charge in [0.2, 0.25) is 5.91 Å². The van der Waals surface area contributed by atoms with Crippen molar-refractivity contribution in [2.75, 3.05) is 10.6 Å². The minimum atomic E-state index is -0.280. The molecule has 102 valence electrons. The van der Waals surface area contributed by atoms with Crippen molar-refractivity contribution in [1.29, 1.82) is 0 Å². The molecular weight excluding hydrogens is 255 g/mol. The van der Waals surface area contributed by atoms with E-state index < -0.39 is 0 Å². The fraction of sp³-hybridized carbons (Fsp3) is 0.188. The molecule has 1 heterocycles. The van der Waals surface area contributed by atoms with Crippen molar-refractivity contribution in [1.82, 2.24) is 0 Å². The number of para-hydroxylation sites is 1. The fourth-order valence-corrected chi connectivity index (χ4v) is 2.41. The summed E-state index contributed by atoms with van der Waals surface area (Å²) in [4.78, 5) is 12.2.